The fourth-order valence-corrected chi connectivity index (χ4v) is 1.72. The molecule has 19 heavy (non-hydrogen) atoms. The van der Waals surface area contributed by atoms with Crippen LogP contribution in [0.15, 0.2) is 22.7 Å². The van der Waals surface area contributed by atoms with E-state index in [2.05, 4.69) is 21.2 Å². The van der Waals surface area contributed by atoms with Crippen LogP contribution in [-0.2, 0) is 9.53 Å². The Morgan fingerprint density at radius 3 is 2.95 bits per heavy atom. The average Bonchev–Trinajstić information content (AvgIpc) is 2.38. The summed E-state index contributed by atoms with van der Waals surface area (Å²) in [4.78, 5) is 11.7. The molecule has 1 unspecified atom stereocenters. The zero-order chi connectivity index (χ0) is 14.3. The van der Waals surface area contributed by atoms with Crippen LogP contribution in [0, 0.1) is 5.82 Å². The van der Waals surface area contributed by atoms with Gasteiger partial charge in [-0.15, -0.1) is 0 Å². The SMILES string of the molecule is COCCCNC(=O)C(C)Oc1cc(F)ccc1Br. The highest BCUT2D eigenvalue weighted by Crippen LogP contribution is 2.26. The number of carbonyl (C=O) groups is 1. The third-order valence-corrected chi connectivity index (χ3v) is 3.05. The predicted octanol–water partition coefficient (Wildman–Crippen LogP) is 2.51. The third-order valence-electron chi connectivity index (χ3n) is 2.39. The van der Waals surface area contributed by atoms with Gasteiger partial charge in [0.1, 0.15) is 11.6 Å². The molecule has 0 aromatic heterocycles. The van der Waals surface area contributed by atoms with Crippen LogP contribution < -0.4 is 10.1 Å². The van der Waals surface area contributed by atoms with Crippen LogP contribution in [0.1, 0.15) is 13.3 Å². The molecule has 0 saturated heterocycles. The Morgan fingerprint density at radius 2 is 2.26 bits per heavy atom. The third kappa shape index (κ3) is 5.57. The summed E-state index contributed by atoms with van der Waals surface area (Å²) in [6, 6.07) is 4.08. The van der Waals surface area contributed by atoms with Crippen LogP contribution in [-0.4, -0.2) is 32.3 Å². The highest BCUT2D eigenvalue weighted by Gasteiger charge is 2.15. The van der Waals surface area contributed by atoms with E-state index < -0.39 is 11.9 Å². The molecule has 0 aliphatic heterocycles. The summed E-state index contributed by atoms with van der Waals surface area (Å²) < 4.78 is 24.0. The van der Waals surface area contributed by atoms with E-state index in [0.29, 0.717) is 23.4 Å². The van der Waals surface area contributed by atoms with E-state index in [9.17, 15) is 9.18 Å². The van der Waals surface area contributed by atoms with Gasteiger partial charge in [-0.1, -0.05) is 0 Å². The van der Waals surface area contributed by atoms with Crippen molar-refractivity contribution in [2.24, 2.45) is 0 Å². The first-order valence-corrected chi connectivity index (χ1v) is 6.72. The average molecular weight is 334 g/mol. The maximum absolute atomic E-state index is 13.1. The van der Waals surface area contributed by atoms with E-state index in [0.717, 1.165) is 6.42 Å². The molecular weight excluding hydrogens is 317 g/mol. The van der Waals surface area contributed by atoms with Gasteiger partial charge in [-0.3, -0.25) is 4.79 Å². The number of methoxy groups -OCH3 is 1. The standard InChI is InChI=1S/C13H17BrFNO3/c1-9(13(17)16-6-3-7-18-2)19-12-8-10(15)4-5-11(12)14/h4-5,8-9H,3,6-7H2,1-2H3,(H,16,17). The number of nitrogens with one attached hydrogen (secondary N) is 1. The summed E-state index contributed by atoms with van der Waals surface area (Å²) in [5, 5.41) is 2.72. The van der Waals surface area contributed by atoms with Gasteiger partial charge < -0.3 is 14.8 Å². The Kier molecular flexibility index (Phi) is 6.80. The molecule has 1 amide bonds. The van der Waals surface area contributed by atoms with Gasteiger partial charge in [0, 0.05) is 26.3 Å². The largest absolute Gasteiger partial charge is 0.480 e. The lowest BCUT2D eigenvalue weighted by Gasteiger charge is -2.15. The number of benzene rings is 1. The van der Waals surface area contributed by atoms with Crippen molar-refractivity contribution in [2.45, 2.75) is 19.4 Å². The number of rotatable bonds is 7. The molecular formula is C13H17BrFNO3. The lowest BCUT2D eigenvalue weighted by Crippen LogP contribution is -2.37. The molecule has 0 aliphatic carbocycles. The second kappa shape index (κ2) is 8.12. The summed E-state index contributed by atoms with van der Waals surface area (Å²) in [6.07, 6.45) is 0.0409. The molecule has 0 heterocycles. The van der Waals surface area contributed by atoms with E-state index in [1.54, 1.807) is 14.0 Å². The van der Waals surface area contributed by atoms with Crippen molar-refractivity contribution in [3.8, 4) is 5.75 Å². The van der Waals surface area contributed by atoms with Crippen LogP contribution in [0.5, 0.6) is 5.75 Å². The molecule has 0 radical (unpaired) electrons. The van der Waals surface area contributed by atoms with Gasteiger partial charge in [0.25, 0.3) is 5.91 Å². The first-order chi connectivity index (χ1) is 9.04. The summed E-state index contributed by atoms with van der Waals surface area (Å²) in [5.74, 6) is -0.349. The number of ether oxygens (including phenoxy) is 2. The van der Waals surface area contributed by atoms with E-state index in [1.165, 1.54) is 18.2 Å². The van der Waals surface area contributed by atoms with Crippen molar-refractivity contribution in [3.63, 3.8) is 0 Å². The monoisotopic (exact) mass is 333 g/mol. The minimum Gasteiger partial charge on any atom is -0.480 e. The van der Waals surface area contributed by atoms with Gasteiger partial charge >= 0.3 is 0 Å². The second-order valence-corrected chi connectivity index (χ2v) is 4.83. The van der Waals surface area contributed by atoms with Gasteiger partial charge in [-0.25, -0.2) is 4.39 Å². The Balaban J connectivity index is 2.47. The lowest BCUT2D eigenvalue weighted by molar-refractivity contribution is -0.127. The zero-order valence-corrected chi connectivity index (χ0v) is 12.5. The van der Waals surface area contributed by atoms with Crippen LogP contribution in [0.4, 0.5) is 4.39 Å². The Labute approximate surface area is 120 Å². The number of halogens is 2. The van der Waals surface area contributed by atoms with Crippen molar-refractivity contribution < 1.29 is 18.7 Å². The lowest BCUT2D eigenvalue weighted by atomic mass is 10.3. The molecule has 1 atom stereocenters. The normalized spacial score (nSPS) is 12.0. The van der Waals surface area contributed by atoms with Crippen molar-refractivity contribution in [2.75, 3.05) is 20.3 Å². The van der Waals surface area contributed by atoms with E-state index in [4.69, 9.17) is 9.47 Å². The molecule has 0 aliphatic rings. The maximum atomic E-state index is 13.1. The Hall–Kier alpha value is -1.14. The number of carbonyl (C=O) groups excluding carboxylic acids is 1. The molecule has 0 bridgehead atoms. The summed E-state index contributed by atoms with van der Waals surface area (Å²) in [6.45, 7) is 2.72. The minimum atomic E-state index is -0.694. The van der Waals surface area contributed by atoms with E-state index in [-0.39, 0.29) is 5.91 Å². The first kappa shape index (κ1) is 15.9. The second-order valence-electron chi connectivity index (χ2n) is 3.97. The fourth-order valence-electron chi connectivity index (χ4n) is 1.38. The Bertz CT molecular complexity index is 428. The first-order valence-electron chi connectivity index (χ1n) is 5.93. The molecule has 1 rings (SSSR count). The van der Waals surface area contributed by atoms with E-state index in [1.807, 2.05) is 0 Å². The smallest absolute Gasteiger partial charge is 0.260 e. The molecule has 106 valence electrons. The van der Waals surface area contributed by atoms with Crippen LogP contribution in [0.2, 0.25) is 0 Å². The molecule has 4 nitrogen and oxygen atoms in total. The number of hydrogen-bond acceptors (Lipinski definition) is 3. The minimum absolute atomic E-state index is 0.243. The molecule has 1 N–H and O–H groups in total. The molecule has 6 heteroatoms. The summed E-state index contributed by atoms with van der Waals surface area (Å²) >= 11 is 3.24. The highest BCUT2D eigenvalue weighted by atomic mass is 79.9. The summed E-state index contributed by atoms with van der Waals surface area (Å²) in [5.41, 5.74) is 0. The molecule has 1 aromatic rings. The summed E-state index contributed by atoms with van der Waals surface area (Å²) in [7, 11) is 1.61. The highest BCUT2D eigenvalue weighted by molar-refractivity contribution is 9.10. The maximum Gasteiger partial charge on any atom is 0.260 e. The van der Waals surface area contributed by atoms with Crippen LogP contribution in [0.25, 0.3) is 0 Å². The van der Waals surface area contributed by atoms with Crippen LogP contribution >= 0.6 is 15.9 Å². The quantitative estimate of drug-likeness (QED) is 0.780. The van der Waals surface area contributed by atoms with Crippen molar-refractivity contribution in [1.82, 2.24) is 5.32 Å². The van der Waals surface area contributed by atoms with Crippen molar-refractivity contribution in [1.29, 1.82) is 0 Å². The molecule has 0 saturated carbocycles. The number of hydrogen-bond donors (Lipinski definition) is 1. The predicted molar refractivity (Wildman–Crippen MR) is 73.7 cm³/mol. The van der Waals surface area contributed by atoms with Crippen molar-refractivity contribution in [3.05, 3.63) is 28.5 Å². The van der Waals surface area contributed by atoms with Gasteiger partial charge in [-0.2, -0.15) is 0 Å². The van der Waals surface area contributed by atoms with Crippen LogP contribution in [0.3, 0.4) is 0 Å². The van der Waals surface area contributed by atoms with Crippen molar-refractivity contribution >= 4 is 21.8 Å². The molecule has 0 spiro atoms. The molecule has 1 aromatic carbocycles. The Morgan fingerprint density at radius 1 is 1.53 bits per heavy atom. The van der Waals surface area contributed by atoms with Gasteiger partial charge in [0.15, 0.2) is 6.10 Å². The van der Waals surface area contributed by atoms with Gasteiger partial charge in [0.05, 0.1) is 4.47 Å². The van der Waals surface area contributed by atoms with E-state index >= 15 is 0 Å². The zero-order valence-electron chi connectivity index (χ0n) is 10.9. The number of amides is 1. The van der Waals surface area contributed by atoms with Gasteiger partial charge in [0.2, 0.25) is 0 Å². The van der Waals surface area contributed by atoms with Gasteiger partial charge in [-0.05, 0) is 41.4 Å². The topological polar surface area (TPSA) is 47.6 Å². The fraction of sp³-hybridized carbons (Fsp3) is 0.462. The molecule has 0 fully saturated rings.